The van der Waals surface area contributed by atoms with Gasteiger partial charge in [0.2, 0.25) is 0 Å². The third kappa shape index (κ3) is 4.25. The number of nitrogens with one attached hydrogen (secondary N) is 2. The number of methoxy groups -OCH3 is 1. The summed E-state index contributed by atoms with van der Waals surface area (Å²) in [4.78, 5) is 11.9. The van der Waals surface area contributed by atoms with Crippen LogP contribution in [0, 0.1) is 13.8 Å². The van der Waals surface area contributed by atoms with Gasteiger partial charge in [-0.1, -0.05) is 42.0 Å². The topological polar surface area (TPSA) is 50.4 Å². The average molecular weight is 298 g/mol. The number of amides is 2. The standard InChI is InChI=1S/C18H22N2O2/c1-13-8-9-15(14(2)10-13)11-19-18(21)20-12-16-6-4-5-7-17(16)22-3/h4-10H,11-12H2,1-3H3,(H2,19,20,21). The lowest BCUT2D eigenvalue weighted by Gasteiger charge is -2.11. The highest BCUT2D eigenvalue weighted by Crippen LogP contribution is 2.16. The fraction of sp³-hybridized carbons (Fsp3) is 0.278. The van der Waals surface area contributed by atoms with Crippen molar-refractivity contribution in [3.8, 4) is 5.75 Å². The van der Waals surface area contributed by atoms with Crippen molar-refractivity contribution in [3.05, 3.63) is 64.7 Å². The zero-order valence-electron chi connectivity index (χ0n) is 13.3. The molecule has 22 heavy (non-hydrogen) atoms. The number of benzene rings is 2. The van der Waals surface area contributed by atoms with Crippen LogP contribution in [-0.4, -0.2) is 13.1 Å². The van der Waals surface area contributed by atoms with E-state index in [1.54, 1.807) is 7.11 Å². The molecule has 0 unspecified atom stereocenters. The van der Waals surface area contributed by atoms with E-state index in [1.807, 2.05) is 30.3 Å². The summed E-state index contributed by atoms with van der Waals surface area (Å²) in [7, 11) is 1.62. The van der Waals surface area contributed by atoms with E-state index >= 15 is 0 Å². The van der Waals surface area contributed by atoms with Gasteiger partial charge in [-0.15, -0.1) is 0 Å². The molecule has 2 rings (SSSR count). The molecule has 0 aliphatic heterocycles. The fourth-order valence-electron chi connectivity index (χ4n) is 2.31. The van der Waals surface area contributed by atoms with Crippen LogP contribution in [0.25, 0.3) is 0 Å². The van der Waals surface area contributed by atoms with Gasteiger partial charge in [0.15, 0.2) is 0 Å². The quantitative estimate of drug-likeness (QED) is 0.889. The number of hydrogen-bond acceptors (Lipinski definition) is 2. The molecule has 0 saturated carbocycles. The second kappa shape index (κ2) is 7.50. The summed E-state index contributed by atoms with van der Waals surface area (Å²) in [5, 5.41) is 5.72. The Kier molecular flexibility index (Phi) is 5.42. The molecule has 116 valence electrons. The van der Waals surface area contributed by atoms with E-state index < -0.39 is 0 Å². The lowest BCUT2D eigenvalue weighted by molar-refractivity contribution is 0.240. The number of carbonyl (C=O) groups excluding carboxylic acids is 1. The van der Waals surface area contributed by atoms with E-state index in [2.05, 4.69) is 36.6 Å². The fourth-order valence-corrected chi connectivity index (χ4v) is 2.31. The Hall–Kier alpha value is -2.49. The third-order valence-electron chi connectivity index (χ3n) is 3.57. The van der Waals surface area contributed by atoms with Gasteiger partial charge in [-0.25, -0.2) is 4.79 Å². The highest BCUT2D eigenvalue weighted by molar-refractivity contribution is 5.74. The van der Waals surface area contributed by atoms with Gasteiger partial charge < -0.3 is 15.4 Å². The van der Waals surface area contributed by atoms with E-state index in [4.69, 9.17) is 4.74 Å². The van der Waals surface area contributed by atoms with Crippen LogP contribution in [0.2, 0.25) is 0 Å². The maximum atomic E-state index is 11.9. The number of para-hydroxylation sites is 1. The van der Waals surface area contributed by atoms with Crippen molar-refractivity contribution in [1.82, 2.24) is 10.6 Å². The minimum absolute atomic E-state index is 0.189. The molecule has 2 amide bonds. The second-order valence-corrected chi connectivity index (χ2v) is 5.28. The molecule has 0 spiro atoms. The summed E-state index contributed by atoms with van der Waals surface area (Å²) in [5.41, 5.74) is 4.48. The largest absolute Gasteiger partial charge is 0.496 e. The van der Waals surface area contributed by atoms with E-state index in [0.717, 1.165) is 16.9 Å². The molecule has 2 aromatic rings. The molecule has 0 aliphatic carbocycles. The summed E-state index contributed by atoms with van der Waals surface area (Å²) >= 11 is 0. The molecule has 0 saturated heterocycles. The minimum Gasteiger partial charge on any atom is -0.496 e. The van der Waals surface area contributed by atoms with Crippen LogP contribution in [0.1, 0.15) is 22.3 Å². The third-order valence-corrected chi connectivity index (χ3v) is 3.57. The van der Waals surface area contributed by atoms with Crippen LogP contribution >= 0.6 is 0 Å². The first-order chi connectivity index (χ1) is 10.6. The zero-order chi connectivity index (χ0) is 15.9. The van der Waals surface area contributed by atoms with Crippen molar-refractivity contribution in [1.29, 1.82) is 0 Å². The molecule has 4 heteroatoms. The van der Waals surface area contributed by atoms with Gasteiger partial charge in [-0.3, -0.25) is 0 Å². The van der Waals surface area contributed by atoms with E-state index in [-0.39, 0.29) is 6.03 Å². The van der Waals surface area contributed by atoms with Crippen LogP contribution in [0.5, 0.6) is 5.75 Å². The van der Waals surface area contributed by atoms with Crippen molar-refractivity contribution < 1.29 is 9.53 Å². The SMILES string of the molecule is COc1ccccc1CNC(=O)NCc1ccc(C)cc1C. The smallest absolute Gasteiger partial charge is 0.315 e. The van der Waals surface area contributed by atoms with Gasteiger partial charge in [0.25, 0.3) is 0 Å². The normalized spacial score (nSPS) is 10.1. The Labute approximate surface area is 131 Å². The number of ether oxygens (including phenoxy) is 1. The van der Waals surface area contributed by atoms with Gasteiger partial charge in [-0.05, 0) is 31.0 Å². The molecular formula is C18H22N2O2. The predicted molar refractivity (Wildman–Crippen MR) is 88.0 cm³/mol. The molecule has 2 N–H and O–H groups in total. The molecule has 4 nitrogen and oxygen atoms in total. The Morgan fingerprint density at radius 1 is 1.00 bits per heavy atom. The van der Waals surface area contributed by atoms with Crippen molar-refractivity contribution >= 4 is 6.03 Å². The highest BCUT2D eigenvalue weighted by Gasteiger charge is 2.05. The van der Waals surface area contributed by atoms with E-state index in [9.17, 15) is 4.79 Å². The maximum absolute atomic E-state index is 11.9. The minimum atomic E-state index is -0.189. The zero-order valence-corrected chi connectivity index (χ0v) is 13.3. The number of rotatable bonds is 5. The molecule has 0 aliphatic rings. The molecule has 0 aromatic heterocycles. The van der Waals surface area contributed by atoms with E-state index in [1.165, 1.54) is 11.1 Å². The average Bonchev–Trinajstić information content (AvgIpc) is 2.52. The highest BCUT2D eigenvalue weighted by atomic mass is 16.5. The Bertz CT molecular complexity index is 653. The molecule has 0 heterocycles. The van der Waals surface area contributed by atoms with Crippen LogP contribution in [0.3, 0.4) is 0 Å². The van der Waals surface area contributed by atoms with Gasteiger partial charge in [0.05, 0.1) is 7.11 Å². The maximum Gasteiger partial charge on any atom is 0.315 e. The van der Waals surface area contributed by atoms with Crippen molar-refractivity contribution in [3.63, 3.8) is 0 Å². The summed E-state index contributed by atoms with van der Waals surface area (Å²) < 4.78 is 5.26. The number of hydrogen-bond donors (Lipinski definition) is 2. The van der Waals surface area contributed by atoms with Crippen molar-refractivity contribution in [2.45, 2.75) is 26.9 Å². The van der Waals surface area contributed by atoms with Crippen molar-refractivity contribution in [2.24, 2.45) is 0 Å². The Morgan fingerprint density at radius 3 is 2.36 bits per heavy atom. The van der Waals surface area contributed by atoms with Crippen LogP contribution < -0.4 is 15.4 Å². The number of urea groups is 1. The first-order valence-electron chi connectivity index (χ1n) is 7.30. The molecule has 0 atom stereocenters. The molecule has 0 radical (unpaired) electrons. The first kappa shape index (κ1) is 15.9. The lowest BCUT2D eigenvalue weighted by Crippen LogP contribution is -2.34. The monoisotopic (exact) mass is 298 g/mol. The number of carbonyl (C=O) groups is 1. The first-order valence-corrected chi connectivity index (χ1v) is 7.30. The van der Waals surface area contributed by atoms with Gasteiger partial charge in [0.1, 0.15) is 5.75 Å². The second-order valence-electron chi connectivity index (χ2n) is 5.28. The van der Waals surface area contributed by atoms with Gasteiger partial charge in [0, 0.05) is 18.7 Å². The van der Waals surface area contributed by atoms with Crippen LogP contribution in [-0.2, 0) is 13.1 Å². The number of aryl methyl sites for hydroxylation is 2. The van der Waals surface area contributed by atoms with Crippen molar-refractivity contribution in [2.75, 3.05) is 7.11 Å². The van der Waals surface area contributed by atoms with E-state index in [0.29, 0.717) is 13.1 Å². The molecular weight excluding hydrogens is 276 g/mol. The molecule has 2 aromatic carbocycles. The summed E-state index contributed by atoms with van der Waals surface area (Å²) in [6.45, 7) is 5.06. The summed E-state index contributed by atoms with van der Waals surface area (Å²) in [6, 6.07) is 13.7. The molecule has 0 bridgehead atoms. The molecule has 0 fully saturated rings. The Morgan fingerprint density at radius 2 is 1.68 bits per heavy atom. The lowest BCUT2D eigenvalue weighted by atomic mass is 10.1. The van der Waals surface area contributed by atoms with Crippen LogP contribution in [0.4, 0.5) is 4.79 Å². The van der Waals surface area contributed by atoms with Crippen LogP contribution in [0.15, 0.2) is 42.5 Å². The summed E-state index contributed by atoms with van der Waals surface area (Å²) in [6.07, 6.45) is 0. The van der Waals surface area contributed by atoms with Gasteiger partial charge in [-0.2, -0.15) is 0 Å². The summed E-state index contributed by atoms with van der Waals surface area (Å²) in [5.74, 6) is 0.775. The predicted octanol–water partition coefficient (Wildman–Crippen LogP) is 3.31. The van der Waals surface area contributed by atoms with Gasteiger partial charge >= 0.3 is 6.03 Å². The Balaban J connectivity index is 1.85.